The van der Waals surface area contributed by atoms with Gasteiger partial charge in [-0.05, 0) is 29.9 Å². The van der Waals surface area contributed by atoms with Gasteiger partial charge in [0.2, 0.25) is 11.6 Å². The molecule has 11 nitrogen and oxygen atoms in total. The van der Waals surface area contributed by atoms with Gasteiger partial charge in [0, 0.05) is 53.4 Å². The topological polar surface area (TPSA) is 133 Å². The monoisotopic (exact) mass is 497 g/mol. The summed E-state index contributed by atoms with van der Waals surface area (Å²) in [6.07, 6.45) is 10.1. The molecule has 4 aromatic rings. The van der Waals surface area contributed by atoms with E-state index in [1.54, 1.807) is 24.7 Å². The molecule has 0 saturated carbocycles. The fourth-order valence-corrected chi connectivity index (χ4v) is 6.02. The van der Waals surface area contributed by atoms with Crippen LogP contribution >= 0.6 is 23.4 Å². The summed E-state index contributed by atoms with van der Waals surface area (Å²) in [7, 11) is 0. The van der Waals surface area contributed by atoms with E-state index in [4.69, 9.17) is 17.3 Å². The Balaban J connectivity index is 1.14. The standard InChI is InChI=1S/C21H20ClN9O2S/c22-17-15(2-6-29-16(31(32)33)11-24-19(17)29)34-13-9-25-20(26-10-13)28-7-3-21(4-8-28)12-30-14(18(21)23)1-5-27-30/h1-2,5-6,9-11,18H,3-4,7-8,12,23H2/t18-/m1/s1. The van der Waals surface area contributed by atoms with E-state index in [1.807, 2.05) is 16.9 Å². The van der Waals surface area contributed by atoms with Crippen molar-refractivity contribution in [2.45, 2.75) is 35.2 Å². The third-order valence-electron chi connectivity index (χ3n) is 6.83. The van der Waals surface area contributed by atoms with Gasteiger partial charge in [0.1, 0.15) is 11.2 Å². The van der Waals surface area contributed by atoms with Crippen molar-refractivity contribution < 1.29 is 4.92 Å². The predicted octanol–water partition coefficient (Wildman–Crippen LogP) is 3.33. The largest absolute Gasteiger partial charge is 0.358 e. The summed E-state index contributed by atoms with van der Waals surface area (Å²) >= 11 is 7.85. The van der Waals surface area contributed by atoms with Crippen LogP contribution in [0.15, 0.2) is 52.9 Å². The van der Waals surface area contributed by atoms with Gasteiger partial charge in [0.05, 0.1) is 17.9 Å². The number of fused-ring (bicyclic) bond motifs is 2. The van der Waals surface area contributed by atoms with Crippen LogP contribution in [0.3, 0.4) is 0 Å². The number of nitrogens with two attached hydrogens (primary N) is 1. The number of halogens is 1. The van der Waals surface area contributed by atoms with Crippen molar-refractivity contribution in [3.8, 4) is 0 Å². The lowest BCUT2D eigenvalue weighted by molar-refractivity contribution is -0.390. The first kappa shape index (κ1) is 21.3. The maximum atomic E-state index is 11.1. The van der Waals surface area contributed by atoms with E-state index >= 15 is 0 Å². The van der Waals surface area contributed by atoms with E-state index in [1.165, 1.54) is 22.4 Å². The molecule has 0 aromatic carbocycles. The number of imidazole rings is 1. The van der Waals surface area contributed by atoms with Crippen molar-refractivity contribution in [3.63, 3.8) is 0 Å². The Kier molecular flexibility index (Phi) is 4.97. The molecule has 0 bridgehead atoms. The highest BCUT2D eigenvalue weighted by atomic mass is 35.5. The van der Waals surface area contributed by atoms with Gasteiger partial charge in [-0.1, -0.05) is 23.4 Å². The van der Waals surface area contributed by atoms with Crippen molar-refractivity contribution in [3.05, 3.63) is 63.9 Å². The second-order valence-electron chi connectivity index (χ2n) is 8.62. The third-order valence-corrected chi connectivity index (χ3v) is 8.32. The molecule has 0 radical (unpaired) electrons. The summed E-state index contributed by atoms with van der Waals surface area (Å²) in [4.78, 5) is 27.6. The molecule has 0 aliphatic carbocycles. The van der Waals surface area contributed by atoms with E-state index in [9.17, 15) is 10.1 Å². The predicted molar refractivity (Wildman–Crippen MR) is 126 cm³/mol. The zero-order chi connectivity index (χ0) is 23.4. The molecule has 34 heavy (non-hydrogen) atoms. The van der Waals surface area contributed by atoms with Crippen LogP contribution in [0.4, 0.5) is 11.8 Å². The second kappa shape index (κ2) is 7.93. The van der Waals surface area contributed by atoms with Crippen molar-refractivity contribution in [1.29, 1.82) is 0 Å². The van der Waals surface area contributed by atoms with Crippen LogP contribution in [0.2, 0.25) is 5.02 Å². The molecule has 1 saturated heterocycles. The summed E-state index contributed by atoms with van der Waals surface area (Å²) < 4.78 is 3.39. The molecule has 2 N–H and O–H groups in total. The van der Waals surface area contributed by atoms with Gasteiger partial charge in [0.15, 0.2) is 0 Å². The average Bonchev–Trinajstić information content (AvgIpc) is 3.54. The first-order valence-corrected chi connectivity index (χ1v) is 12.0. The first-order chi connectivity index (χ1) is 16.4. The van der Waals surface area contributed by atoms with E-state index < -0.39 is 4.92 Å². The second-order valence-corrected chi connectivity index (χ2v) is 10.1. The number of nitro groups is 1. The highest BCUT2D eigenvalue weighted by Crippen LogP contribution is 2.47. The highest BCUT2D eigenvalue weighted by molar-refractivity contribution is 7.99. The van der Waals surface area contributed by atoms with E-state index in [0.29, 0.717) is 16.6 Å². The highest BCUT2D eigenvalue weighted by Gasteiger charge is 2.47. The van der Waals surface area contributed by atoms with Crippen LogP contribution in [0.25, 0.3) is 5.65 Å². The lowest BCUT2D eigenvalue weighted by atomic mass is 9.74. The zero-order valence-corrected chi connectivity index (χ0v) is 19.5. The molecular weight excluding hydrogens is 478 g/mol. The fourth-order valence-electron chi connectivity index (χ4n) is 4.92. The number of hydrogen-bond acceptors (Lipinski definition) is 9. The fraction of sp³-hybridized carbons (Fsp3) is 0.333. The molecular formula is C21H20ClN9O2S. The van der Waals surface area contributed by atoms with Gasteiger partial charge < -0.3 is 20.7 Å². The Morgan fingerprint density at radius 1 is 1.18 bits per heavy atom. The molecule has 1 atom stereocenters. The third kappa shape index (κ3) is 3.32. The number of aromatic nitrogens is 6. The molecule has 1 spiro atoms. The van der Waals surface area contributed by atoms with Gasteiger partial charge in [0.25, 0.3) is 0 Å². The van der Waals surface area contributed by atoms with Gasteiger partial charge in [-0.3, -0.25) is 4.68 Å². The Morgan fingerprint density at radius 2 is 1.94 bits per heavy atom. The number of rotatable bonds is 4. The molecule has 6 heterocycles. The molecule has 174 valence electrons. The quantitative estimate of drug-likeness (QED) is 0.332. The molecule has 13 heteroatoms. The zero-order valence-electron chi connectivity index (χ0n) is 17.9. The van der Waals surface area contributed by atoms with Crippen LogP contribution < -0.4 is 10.6 Å². The average molecular weight is 498 g/mol. The van der Waals surface area contributed by atoms with Crippen LogP contribution in [0.5, 0.6) is 0 Å². The lowest BCUT2D eigenvalue weighted by Crippen LogP contribution is -2.45. The Hall–Kier alpha value is -3.22. The number of nitrogens with zero attached hydrogens (tertiary/aromatic N) is 8. The lowest BCUT2D eigenvalue weighted by Gasteiger charge is -2.41. The van der Waals surface area contributed by atoms with Crippen molar-refractivity contribution in [2.24, 2.45) is 11.1 Å². The summed E-state index contributed by atoms with van der Waals surface area (Å²) in [5, 5.41) is 15.9. The molecule has 0 unspecified atom stereocenters. The smallest absolute Gasteiger partial charge is 0.347 e. The van der Waals surface area contributed by atoms with Crippen molar-refractivity contribution in [2.75, 3.05) is 18.0 Å². The SMILES string of the molecule is N[C@@H]1c2ccnn2CC12CCN(c1ncc(Sc3ccn4c([N+](=O)[O-])cnc4c3Cl)cn1)CC2. The van der Waals surface area contributed by atoms with E-state index in [-0.39, 0.29) is 17.3 Å². The van der Waals surface area contributed by atoms with Crippen LogP contribution in [-0.2, 0) is 6.54 Å². The number of hydrogen-bond donors (Lipinski definition) is 1. The molecule has 4 aromatic heterocycles. The molecule has 2 aliphatic heterocycles. The molecule has 0 amide bonds. The maximum absolute atomic E-state index is 11.1. The molecule has 2 aliphatic rings. The van der Waals surface area contributed by atoms with Gasteiger partial charge >= 0.3 is 5.82 Å². The van der Waals surface area contributed by atoms with E-state index in [0.717, 1.165) is 48.0 Å². The number of pyridine rings is 1. The summed E-state index contributed by atoms with van der Waals surface area (Å²) in [6.45, 7) is 2.55. The molecule has 1 fully saturated rings. The summed E-state index contributed by atoms with van der Waals surface area (Å²) in [5.41, 5.74) is 8.08. The first-order valence-electron chi connectivity index (χ1n) is 10.8. The minimum Gasteiger partial charge on any atom is -0.358 e. The number of anilines is 1. The minimum absolute atomic E-state index is 0.00967. The van der Waals surface area contributed by atoms with Gasteiger partial charge in [-0.15, -0.1) is 0 Å². The van der Waals surface area contributed by atoms with Crippen molar-refractivity contribution in [1.82, 2.24) is 29.1 Å². The number of piperidine rings is 1. The van der Waals surface area contributed by atoms with Crippen molar-refractivity contribution >= 4 is 40.8 Å². The summed E-state index contributed by atoms with van der Waals surface area (Å²) in [5.74, 6) is 0.557. The Labute approximate surface area is 203 Å². The normalized spacial score (nSPS) is 19.1. The Morgan fingerprint density at radius 3 is 2.65 bits per heavy atom. The summed E-state index contributed by atoms with van der Waals surface area (Å²) in [6, 6.07) is 3.75. The van der Waals surface area contributed by atoms with Crippen LogP contribution in [-0.4, -0.2) is 47.1 Å². The van der Waals surface area contributed by atoms with E-state index in [2.05, 4.69) is 25.0 Å². The minimum atomic E-state index is -0.493. The van der Waals surface area contributed by atoms with Crippen LogP contribution in [0.1, 0.15) is 24.6 Å². The van der Waals surface area contributed by atoms with Crippen LogP contribution in [0, 0.1) is 15.5 Å². The molecule has 6 rings (SSSR count). The van der Waals surface area contributed by atoms with Gasteiger partial charge in [-0.2, -0.15) is 9.50 Å². The van der Waals surface area contributed by atoms with Gasteiger partial charge in [-0.25, -0.2) is 15.0 Å². The maximum Gasteiger partial charge on any atom is 0.347 e. The Bertz CT molecular complexity index is 1400.